The monoisotopic (exact) mass is 410 g/mol. The highest BCUT2D eigenvalue weighted by Crippen LogP contribution is 2.66. The maximum Gasteiger partial charge on any atom is 0.133 e. The van der Waals surface area contributed by atoms with Gasteiger partial charge >= 0.3 is 0 Å². The first-order chi connectivity index (χ1) is 14.2. The molecule has 168 valence electrons. The van der Waals surface area contributed by atoms with Crippen LogP contribution in [0.2, 0.25) is 0 Å². The van der Waals surface area contributed by atoms with Gasteiger partial charge < -0.3 is 0 Å². The summed E-state index contributed by atoms with van der Waals surface area (Å²) >= 11 is 0. The second kappa shape index (κ2) is 8.25. The van der Waals surface area contributed by atoms with Gasteiger partial charge in [-0.25, -0.2) is 0 Å². The summed E-state index contributed by atoms with van der Waals surface area (Å²) in [6.45, 7) is 14.7. The molecule has 0 saturated heterocycles. The van der Waals surface area contributed by atoms with Gasteiger partial charge in [-0.05, 0) is 97.2 Å². The molecular weight excluding hydrogens is 364 g/mol. The third kappa shape index (κ3) is 3.57. The Morgan fingerprint density at radius 3 is 2.47 bits per heavy atom. The molecule has 30 heavy (non-hydrogen) atoms. The second-order valence-corrected chi connectivity index (χ2v) is 12.3. The molecule has 0 aliphatic heterocycles. The van der Waals surface area contributed by atoms with Gasteiger partial charge in [0.2, 0.25) is 0 Å². The molecular formula is C29H46O. The molecule has 0 radical (unpaired) electrons. The summed E-state index contributed by atoms with van der Waals surface area (Å²) in [5.41, 5.74) is 2.68. The van der Waals surface area contributed by atoms with Crippen molar-refractivity contribution in [3.63, 3.8) is 0 Å². The van der Waals surface area contributed by atoms with E-state index >= 15 is 0 Å². The summed E-state index contributed by atoms with van der Waals surface area (Å²) in [6.07, 6.45) is 18.5. The van der Waals surface area contributed by atoms with Crippen LogP contribution in [0, 0.1) is 52.3 Å². The molecule has 0 aromatic rings. The third-order valence-electron chi connectivity index (χ3n) is 10.6. The van der Waals surface area contributed by atoms with Gasteiger partial charge in [0.05, 0.1) is 0 Å². The smallest absolute Gasteiger partial charge is 0.133 e. The molecule has 3 saturated carbocycles. The van der Waals surface area contributed by atoms with Crippen molar-refractivity contribution in [3.05, 3.63) is 23.8 Å². The highest BCUT2D eigenvalue weighted by atomic mass is 16.1. The molecule has 0 aromatic carbocycles. The molecule has 4 aliphatic rings. The lowest BCUT2D eigenvalue weighted by Crippen LogP contribution is -2.49. The predicted molar refractivity (Wildman–Crippen MR) is 127 cm³/mol. The highest BCUT2D eigenvalue weighted by Gasteiger charge is 2.58. The van der Waals surface area contributed by atoms with E-state index in [9.17, 15) is 4.79 Å². The van der Waals surface area contributed by atoms with Crippen molar-refractivity contribution in [2.45, 2.75) is 99.3 Å². The Morgan fingerprint density at radius 1 is 1.03 bits per heavy atom. The minimum atomic E-state index is 0.383. The first kappa shape index (κ1) is 22.3. The predicted octanol–water partition coefficient (Wildman–Crippen LogP) is 8.01. The molecule has 0 aromatic heterocycles. The van der Waals surface area contributed by atoms with E-state index < -0.39 is 0 Å². The van der Waals surface area contributed by atoms with E-state index in [1.54, 1.807) is 0 Å². The maximum absolute atomic E-state index is 12.1. The maximum atomic E-state index is 12.1. The van der Waals surface area contributed by atoms with E-state index in [0.717, 1.165) is 55.3 Å². The number of fused-ring (bicyclic) bond motifs is 5. The second-order valence-electron chi connectivity index (χ2n) is 12.3. The van der Waals surface area contributed by atoms with E-state index in [-0.39, 0.29) is 0 Å². The lowest BCUT2D eigenvalue weighted by molar-refractivity contribution is -0.127. The number of allylic oxidation sites excluding steroid dienone is 4. The molecule has 0 spiro atoms. The van der Waals surface area contributed by atoms with Crippen molar-refractivity contribution < 1.29 is 4.79 Å². The fraction of sp³-hybridized carbons (Fsp3) is 0.828. The molecule has 0 N–H and O–H groups in total. The number of ketones is 1. The molecule has 0 unspecified atom stereocenters. The summed E-state index contributed by atoms with van der Waals surface area (Å²) in [5.74, 6) is 5.63. The van der Waals surface area contributed by atoms with Crippen LogP contribution >= 0.6 is 0 Å². The van der Waals surface area contributed by atoms with Gasteiger partial charge in [0.1, 0.15) is 5.78 Å². The fourth-order valence-corrected chi connectivity index (χ4v) is 8.49. The van der Waals surface area contributed by atoms with Crippen molar-refractivity contribution in [3.8, 4) is 0 Å². The van der Waals surface area contributed by atoms with Crippen molar-refractivity contribution >= 4 is 5.78 Å². The average molecular weight is 411 g/mol. The molecule has 8 atom stereocenters. The van der Waals surface area contributed by atoms with E-state index in [1.165, 1.54) is 32.1 Å². The molecule has 1 heteroatoms. The number of rotatable bonds is 5. The van der Waals surface area contributed by atoms with Gasteiger partial charge in [0.25, 0.3) is 0 Å². The summed E-state index contributed by atoms with van der Waals surface area (Å²) in [4.78, 5) is 12.1. The number of carbonyl (C=O) groups excluding carboxylic acids is 1. The van der Waals surface area contributed by atoms with E-state index in [1.807, 2.05) is 5.57 Å². The minimum Gasteiger partial charge on any atom is -0.300 e. The van der Waals surface area contributed by atoms with Crippen LogP contribution in [0.3, 0.4) is 0 Å². The molecule has 0 heterocycles. The van der Waals surface area contributed by atoms with E-state index in [4.69, 9.17) is 0 Å². The number of hydrogen-bond acceptors (Lipinski definition) is 1. The van der Waals surface area contributed by atoms with Gasteiger partial charge in [-0.2, -0.15) is 0 Å². The number of carbonyl (C=O) groups is 1. The van der Waals surface area contributed by atoms with Crippen LogP contribution in [-0.2, 0) is 4.79 Å². The Labute approximate surface area is 186 Å². The van der Waals surface area contributed by atoms with Crippen LogP contribution in [0.4, 0.5) is 0 Å². The summed E-state index contributed by atoms with van der Waals surface area (Å²) in [7, 11) is 0. The molecule has 1 nitrogen and oxygen atoms in total. The third-order valence-corrected chi connectivity index (χ3v) is 10.6. The summed E-state index contributed by atoms with van der Waals surface area (Å²) in [6, 6.07) is 0. The molecule has 0 amide bonds. The SMILES string of the molecule is CC[C@@H](/C=C/[C@H](C)[C@H]1CC[C@H]2C3=CC[C@H]4CC(=O)CC[C@]4(C)[C@H]3CC[C@]12C)C(C)C. The molecule has 0 bridgehead atoms. The lowest BCUT2D eigenvalue weighted by atomic mass is 9.48. The van der Waals surface area contributed by atoms with Crippen LogP contribution in [0.25, 0.3) is 0 Å². The van der Waals surface area contributed by atoms with Crippen LogP contribution in [0.1, 0.15) is 99.3 Å². The zero-order valence-electron chi connectivity index (χ0n) is 20.5. The van der Waals surface area contributed by atoms with Crippen LogP contribution < -0.4 is 0 Å². The highest BCUT2D eigenvalue weighted by molar-refractivity contribution is 5.79. The van der Waals surface area contributed by atoms with Crippen molar-refractivity contribution in [1.82, 2.24) is 0 Å². The van der Waals surface area contributed by atoms with Gasteiger partial charge in [-0.3, -0.25) is 4.79 Å². The van der Waals surface area contributed by atoms with Crippen molar-refractivity contribution in [2.75, 3.05) is 0 Å². The first-order valence-corrected chi connectivity index (χ1v) is 13.1. The Hall–Kier alpha value is -0.850. The fourth-order valence-electron chi connectivity index (χ4n) is 8.49. The van der Waals surface area contributed by atoms with Gasteiger partial charge in [0.15, 0.2) is 0 Å². The van der Waals surface area contributed by atoms with Crippen LogP contribution in [0.5, 0.6) is 0 Å². The van der Waals surface area contributed by atoms with Crippen LogP contribution in [-0.4, -0.2) is 5.78 Å². The van der Waals surface area contributed by atoms with Crippen molar-refractivity contribution in [1.29, 1.82) is 0 Å². The van der Waals surface area contributed by atoms with Gasteiger partial charge in [0, 0.05) is 12.8 Å². The Kier molecular flexibility index (Phi) is 6.15. The first-order valence-electron chi connectivity index (χ1n) is 13.1. The molecule has 4 rings (SSSR count). The van der Waals surface area contributed by atoms with Crippen LogP contribution in [0.15, 0.2) is 23.8 Å². The van der Waals surface area contributed by atoms with E-state index in [0.29, 0.717) is 28.4 Å². The largest absolute Gasteiger partial charge is 0.300 e. The topological polar surface area (TPSA) is 17.1 Å². The normalized spacial score (nSPS) is 43.2. The Balaban J connectivity index is 1.54. The minimum absolute atomic E-state index is 0.383. The number of Topliss-reactive ketones (excluding diaryl/α,β-unsaturated/α-hetero) is 1. The van der Waals surface area contributed by atoms with Gasteiger partial charge in [-0.1, -0.05) is 65.3 Å². The quantitative estimate of drug-likeness (QED) is 0.419. The van der Waals surface area contributed by atoms with E-state index in [2.05, 4.69) is 59.8 Å². The molecule has 4 aliphatic carbocycles. The number of hydrogen-bond donors (Lipinski definition) is 0. The van der Waals surface area contributed by atoms with Crippen molar-refractivity contribution in [2.24, 2.45) is 52.3 Å². The average Bonchev–Trinajstić information content (AvgIpc) is 3.06. The summed E-state index contributed by atoms with van der Waals surface area (Å²) < 4.78 is 0. The zero-order valence-corrected chi connectivity index (χ0v) is 20.5. The Bertz CT molecular complexity index is 714. The van der Waals surface area contributed by atoms with Gasteiger partial charge in [-0.15, -0.1) is 0 Å². The summed E-state index contributed by atoms with van der Waals surface area (Å²) in [5, 5.41) is 0. The lowest BCUT2D eigenvalue weighted by Gasteiger charge is -2.57. The Morgan fingerprint density at radius 2 is 1.77 bits per heavy atom. The standard InChI is InChI=1S/C29H46O/c1-7-21(19(2)3)9-8-20(4)25-12-13-26-24-11-10-22-18-23(30)14-16-28(22,5)27(24)15-17-29(25,26)6/h8-9,11,19-22,25-27H,7,10,12-18H2,1-6H3/b9-8+/t20-,21-,22-,25+,26-,27-,28-,29+/m0/s1. The molecule has 3 fully saturated rings. The zero-order chi connectivity index (χ0) is 21.7.